The minimum Gasteiger partial charge on any atom is -0.341 e. The number of piperazine rings is 1. The first-order chi connectivity index (χ1) is 14.0. The van der Waals surface area contributed by atoms with Gasteiger partial charge in [-0.1, -0.05) is 0 Å². The molecule has 0 aromatic carbocycles. The van der Waals surface area contributed by atoms with E-state index in [0.29, 0.717) is 11.9 Å². The number of hydrogen-bond donors (Lipinski definition) is 0. The van der Waals surface area contributed by atoms with E-state index in [1.807, 2.05) is 19.9 Å². The third-order valence-electron chi connectivity index (χ3n) is 6.85. The summed E-state index contributed by atoms with van der Waals surface area (Å²) in [5.74, 6) is 1.46. The summed E-state index contributed by atoms with van der Waals surface area (Å²) < 4.78 is 0. The van der Waals surface area contributed by atoms with Crippen LogP contribution in [0.3, 0.4) is 0 Å². The Kier molecular flexibility index (Phi) is 6.35. The molecule has 3 aliphatic heterocycles. The van der Waals surface area contributed by atoms with Crippen molar-refractivity contribution in [2.24, 2.45) is 5.92 Å². The van der Waals surface area contributed by atoms with Crippen LogP contribution in [0.25, 0.3) is 0 Å². The Morgan fingerprint density at radius 1 is 0.931 bits per heavy atom. The second kappa shape index (κ2) is 8.96. The maximum atomic E-state index is 13.0. The topological polar surface area (TPSA) is 55.8 Å². The molecule has 1 atom stereocenters. The second-order valence-corrected chi connectivity index (χ2v) is 9.13. The van der Waals surface area contributed by atoms with Gasteiger partial charge in [0.05, 0.1) is 5.92 Å². The Morgan fingerprint density at radius 2 is 1.59 bits per heavy atom. The van der Waals surface area contributed by atoms with Crippen LogP contribution < -0.4 is 4.90 Å². The lowest BCUT2D eigenvalue weighted by atomic mass is 9.92. The minimum atomic E-state index is 0.188. The molecular formula is C22H36N6O. The van der Waals surface area contributed by atoms with Crippen LogP contribution >= 0.6 is 0 Å². The molecule has 4 heterocycles. The average molecular weight is 401 g/mol. The van der Waals surface area contributed by atoms with Crippen LogP contribution in [-0.2, 0) is 4.79 Å². The molecule has 0 spiro atoms. The Balaban J connectivity index is 1.31. The van der Waals surface area contributed by atoms with Gasteiger partial charge in [0.25, 0.3) is 0 Å². The normalized spacial score (nSPS) is 25.4. The number of likely N-dealkylation sites (tertiary alicyclic amines) is 1. The fraction of sp³-hybridized carbons (Fsp3) is 0.773. The van der Waals surface area contributed by atoms with Crippen LogP contribution in [0.4, 0.5) is 5.95 Å². The van der Waals surface area contributed by atoms with Gasteiger partial charge in [-0.15, -0.1) is 0 Å². The lowest BCUT2D eigenvalue weighted by Gasteiger charge is -2.43. The highest BCUT2D eigenvalue weighted by atomic mass is 16.2. The molecule has 7 heteroatoms. The summed E-state index contributed by atoms with van der Waals surface area (Å²) in [5.41, 5.74) is 2.08. The summed E-state index contributed by atoms with van der Waals surface area (Å²) in [4.78, 5) is 31.7. The number of carbonyl (C=O) groups is 1. The van der Waals surface area contributed by atoms with E-state index in [1.54, 1.807) is 0 Å². The number of anilines is 1. The smallest absolute Gasteiger partial charge is 0.227 e. The molecule has 1 aromatic heterocycles. The molecule has 0 radical (unpaired) electrons. The molecule has 0 saturated carbocycles. The van der Waals surface area contributed by atoms with Gasteiger partial charge < -0.3 is 14.7 Å². The van der Waals surface area contributed by atoms with Crippen LogP contribution in [0.1, 0.15) is 37.1 Å². The summed E-state index contributed by atoms with van der Waals surface area (Å²) in [5, 5.41) is 0. The first-order valence-corrected chi connectivity index (χ1v) is 11.3. The van der Waals surface area contributed by atoms with E-state index < -0.39 is 0 Å². The number of rotatable bonds is 3. The highest BCUT2D eigenvalue weighted by Gasteiger charge is 2.34. The van der Waals surface area contributed by atoms with Gasteiger partial charge in [-0.3, -0.25) is 9.69 Å². The zero-order valence-electron chi connectivity index (χ0n) is 18.3. The number of carbonyl (C=O) groups excluding carboxylic acids is 1. The fourth-order valence-corrected chi connectivity index (χ4v) is 5.10. The first kappa shape index (κ1) is 20.5. The molecule has 1 amide bonds. The van der Waals surface area contributed by atoms with Gasteiger partial charge in [0.2, 0.25) is 11.9 Å². The van der Waals surface area contributed by atoms with Crippen LogP contribution in [0.5, 0.6) is 0 Å². The third kappa shape index (κ3) is 4.89. The molecule has 0 bridgehead atoms. The molecule has 3 saturated heterocycles. The van der Waals surface area contributed by atoms with E-state index in [9.17, 15) is 4.79 Å². The van der Waals surface area contributed by atoms with Crippen LogP contribution in [0, 0.1) is 19.8 Å². The van der Waals surface area contributed by atoms with Gasteiger partial charge in [-0.2, -0.15) is 0 Å². The Bertz CT molecular complexity index is 689. The molecule has 4 rings (SSSR count). The number of hydrogen-bond acceptors (Lipinski definition) is 6. The molecule has 0 aliphatic carbocycles. The van der Waals surface area contributed by atoms with Gasteiger partial charge in [0.15, 0.2) is 0 Å². The maximum absolute atomic E-state index is 13.0. The molecule has 0 N–H and O–H groups in total. The number of aryl methyl sites for hydroxylation is 2. The van der Waals surface area contributed by atoms with Crippen molar-refractivity contribution in [1.82, 2.24) is 24.7 Å². The van der Waals surface area contributed by atoms with E-state index in [-0.39, 0.29) is 5.92 Å². The van der Waals surface area contributed by atoms with Gasteiger partial charge in [-0.05, 0) is 59.2 Å². The lowest BCUT2D eigenvalue weighted by molar-refractivity contribution is -0.139. The number of amides is 1. The average Bonchev–Trinajstić information content (AvgIpc) is 2.73. The standard InChI is InChI=1S/C22H36N6O/c1-17-15-18(2)24-22(23-17)27-9-6-20(7-10-27)28-8-4-5-19(16-28)21(29)26-13-11-25(3)12-14-26/h15,19-20H,4-14,16H2,1-3H3. The number of aromatic nitrogens is 2. The van der Waals surface area contributed by atoms with Gasteiger partial charge >= 0.3 is 0 Å². The molecular weight excluding hydrogens is 364 g/mol. The first-order valence-electron chi connectivity index (χ1n) is 11.3. The van der Waals surface area contributed by atoms with Crippen molar-refractivity contribution in [3.05, 3.63) is 17.5 Å². The highest BCUT2D eigenvalue weighted by Crippen LogP contribution is 2.26. The lowest BCUT2D eigenvalue weighted by Crippen LogP contribution is -2.54. The minimum absolute atomic E-state index is 0.188. The Morgan fingerprint density at radius 3 is 2.24 bits per heavy atom. The third-order valence-corrected chi connectivity index (χ3v) is 6.85. The van der Waals surface area contributed by atoms with Crippen LogP contribution in [0.2, 0.25) is 0 Å². The molecule has 3 fully saturated rings. The van der Waals surface area contributed by atoms with Crippen molar-refractivity contribution in [3.63, 3.8) is 0 Å². The largest absolute Gasteiger partial charge is 0.341 e. The summed E-state index contributed by atoms with van der Waals surface area (Å²) in [6.45, 7) is 11.9. The van der Waals surface area contributed by atoms with E-state index >= 15 is 0 Å². The van der Waals surface area contributed by atoms with E-state index in [0.717, 1.165) is 95.4 Å². The Hall–Kier alpha value is -1.73. The van der Waals surface area contributed by atoms with Crippen LogP contribution in [0.15, 0.2) is 6.07 Å². The van der Waals surface area contributed by atoms with Crippen molar-refractivity contribution in [2.75, 3.05) is 64.3 Å². The summed E-state index contributed by atoms with van der Waals surface area (Å²) >= 11 is 0. The SMILES string of the molecule is Cc1cc(C)nc(N2CCC(N3CCCC(C(=O)N4CCN(C)CC4)C3)CC2)n1. The summed E-state index contributed by atoms with van der Waals surface area (Å²) in [7, 11) is 2.14. The molecule has 7 nitrogen and oxygen atoms in total. The molecule has 1 aromatic rings. The molecule has 3 aliphatic rings. The van der Waals surface area contributed by atoms with E-state index in [2.05, 4.69) is 36.6 Å². The van der Waals surface area contributed by atoms with E-state index in [4.69, 9.17) is 0 Å². The zero-order valence-corrected chi connectivity index (χ0v) is 18.3. The van der Waals surface area contributed by atoms with Crippen molar-refractivity contribution < 1.29 is 4.79 Å². The van der Waals surface area contributed by atoms with Crippen molar-refractivity contribution in [3.8, 4) is 0 Å². The Labute approximate surface area is 175 Å². The fourth-order valence-electron chi connectivity index (χ4n) is 5.10. The van der Waals surface area contributed by atoms with Gasteiger partial charge in [-0.25, -0.2) is 9.97 Å². The van der Waals surface area contributed by atoms with Gasteiger partial charge in [0.1, 0.15) is 0 Å². The molecule has 1 unspecified atom stereocenters. The summed E-state index contributed by atoms with van der Waals surface area (Å²) in [6.07, 6.45) is 4.46. The highest BCUT2D eigenvalue weighted by molar-refractivity contribution is 5.79. The number of likely N-dealkylation sites (N-methyl/N-ethyl adjacent to an activating group) is 1. The molecule has 160 valence electrons. The predicted molar refractivity (Wildman–Crippen MR) is 115 cm³/mol. The molecule has 29 heavy (non-hydrogen) atoms. The van der Waals surface area contributed by atoms with Crippen molar-refractivity contribution in [2.45, 2.75) is 45.6 Å². The maximum Gasteiger partial charge on any atom is 0.227 e. The number of nitrogens with zero attached hydrogens (tertiary/aromatic N) is 6. The summed E-state index contributed by atoms with van der Waals surface area (Å²) in [6, 6.07) is 2.61. The van der Waals surface area contributed by atoms with Crippen molar-refractivity contribution >= 4 is 11.9 Å². The monoisotopic (exact) mass is 400 g/mol. The predicted octanol–water partition coefficient (Wildman–Crippen LogP) is 1.55. The quantitative estimate of drug-likeness (QED) is 0.767. The zero-order chi connectivity index (χ0) is 20.4. The second-order valence-electron chi connectivity index (χ2n) is 9.13. The van der Waals surface area contributed by atoms with Crippen LogP contribution in [-0.4, -0.2) is 96.0 Å². The number of piperidine rings is 2. The van der Waals surface area contributed by atoms with Crippen molar-refractivity contribution in [1.29, 1.82) is 0 Å². The van der Waals surface area contributed by atoms with E-state index in [1.165, 1.54) is 0 Å². The van der Waals surface area contributed by atoms with Gasteiger partial charge in [0, 0.05) is 63.2 Å².